The lowest BCUT2D eigenvalue weighted by Crippen LogP contribution is -2.30. The van der Waals surface area contributed by atoms with Crippen LogP contribution in [0.15, 0.2) is 60.8 Å². The minimum absolute atomic E-state index is 0.157. The fourth-order valence-electron chi connectivity index (χ4n) is 8.70. The Hall–Kier alpha value is -2.82. The standard InChI is InChI=1S/C64H115O11P/c1-4-7-10-13-16-19-22-25-28-30-33-36-39-42-45-48-51-54-63(67)74-60(56-65)58-72-76(69,70)73-59-61(57-71-62(66)53-50-47-44-41-38-35-32-27-24-21-18-15-12-9-6-3)75-64(68)55-52-49-46-43-40-37-34-31-29-26-23-20-17-14-11-8-5-2/h8,11,16-17,19-20,25-26,28-29,60-61,65H,4-7,9-10,12-15,18,21-24,27,30-59H2,1-3H3,(H,69,70)/b11-8-,19-16-,20-17-,28-25-,29-26-. The molecule has 0 aromatic heterocycles. The van der Waals surface area contributed by atoms with Crippen molar-refractivity contribution in [2.45, 2.75) is 303 Å². The first-order valence-corrected chi connectivity index (χ1v) is 32.7. The number of allylic oxidation sites excluding steroid dienone is 10. The summed E-state index contributed by atoms with van der Waals surface area (Å²) in [5, 5.41) is 9.84. The van der Waals surface area contributed by atoms with E-state index in [0.717, 1.165) is 116 Å². The van der Waals surface area contributed by atoms with Gasteiger partial charge >= 0.3 is 25.7 Å². The van der Waals surface area contributed by atoms with Crippen molar-refractivity contribution in [2.24, 2.45) is 0 Å². The molecule has 0 heterocycles. The van der Waals surface area contributed by atoms with Crippen molar-refractivity contribution in [1.29, 1.82) is 0 Å². The molecular formula is C64H115O11P. The van der Waals surface area contributed by atoms with Gasteiger partial charge in [-0.2, -0.15) is 0 Å². The van der Waals surface area contributed by atoms with Gasteiger partial charge in [-0.05, 0) is 83.5 Å². The van der Waals surface area contributed by atoms with Crippen LogP contribution in [0.1, 0.15) is 290 Å². The molecule has 3 atom stereocenters. The van der Waals surface area contributed by atoms with E-state index in [1.807, 2.05) is 0 Å². The first-order valence-electron chi connectivity index (χ1n) is 31.2. The van der Waals surface area contributed by atoms with Gasteiger partial charge in [-0.3, -0.25) is 23.4 Å². The second-order valence-electron chi connectivity index (χ2n) is 20.8. The predicted molar refractivity (Wildman–Crippen MR) is 316 cm³/mol. The lowest BCUT2D eigenvalue weighted by Gasteiger charge is -2.21. The first kappa shape index (κ1) is 73.2. The Kier molecular flexibility index (Phi) is 56.2. The number of phosphoric ester groups is 1. The van der Waals surface area contributed by atoms with Gasteiger partial charge in [-0.25, -0.2) is 4.57 Å². The van der Waals surface area contributed by atoms with Crippen molar-refractivity contribution in [3.05, 3.63) is 60.8 Å². The maximum absolute atomic E-state index is 12.9. The summed E-state index contributed by atoms with van der Waals surface area (Å²) >= 11 is 0. The number of carbonyl (C=O) groups excluding carboxylic acids is 3. The van der Waals surface area contributed by atoms with Crippen molar-refractivity contribution in [3.8, 4) is 0 Å². The van der Waals surface area contributed by atoms with E-state index >= 15 is 0 Å². The fraction of sp³-hybridized carbons (Fsp3) is 0.797. The summed E-state index contributed by atoms with van der Waals surface area (Å²) in [6.07, 6.45) is 64.5. The van der Waals surface area contributed by atoms with Gasteiger partial charge in [0.15, 0.2) is 6.10 Å². The molecule has 0 aliphatic carbocycles. The molecule has 442 valence electrons. The summed E-state index contributed by atoms with van der Waals surface area (Å²) in [7, 11) is -4.75. The van der Waals surface area contributed by atoms with Crippen LogP contribution in [0.25, 0.3) is 0 Å². The number of esters is 3. The van der Waals surface area contributed by atoms with Gasteiger partial charge in [0.25, 0.3) is 0 Å². The third kappa shape index (κ3) is 55.9. The molecule has 11 nitrogen and oxygen atoms in total. The van der Waals surface area contributed by atoms with E-state index in [4.69, 9.17) is 23.3 Å². The molecule has 0 aliphatic rings. The Bertz CT molecular complexity index is 1510. The van der Waals surface area contributed by atoms with E-state index in [0.29, 0.717) is 19.3 Å². The highest BCUT2D eigenvalue weighted by molar-refractivity contribution is 7.47. The molecule has 76 heavy (non-hydrogen) atoms. The molecule has 0 amide bonds. The summed E-state index contributed by atoms with van der Waals surface area (Å²) in [6.45, 7) is 4.54. The van der Waals surface area contributed by atoms with E-state index in [1.165, 1.54) is 116 Å². The molecule has 2 N–H and O–H groups in total. The van der Waals surface area contributed by atoms with Crippen LogP contribution in [-0.2, 0) is 42.2 Å². The van der Waals surface area contributed by atoms with Crippen LogP contribution in [0.5, 0.6) is 0 Å². The van der Waals surface area contributed by atoms with E-state index in [1.54, 1.807) is 0 Å². The summed E-state index contributed by atoms with van der Waals surface area (Å²) in [5.74, 6) is -1.47. The van der Waals surface area contributed by atoms with Gasteiger partial charge in [-0.15, -0.1) is 0 Å². The SMILES string of the molecule is CC/C=C\C/C=C\C/C=C\CCCCCCCCCC(=O)OC(COC(=O)CCCCCCCCCCCCCCCCC)COP(=O)(O)OCC(CO)OC(=O)CCCCCCCCC/C=C\C/C=C\CCCCC. The van der Waals surface area contributed by atoms with Crippen molar-refractivity contribution in [3.63, 3.8) is 0 Å². The summed E-state index contributed by atoms with van der Waals surface area (Å²) in [5.41, 5.74) is 0. The van der Waals surface area contributed by atoms with E-state index in [9.17, 15) is 28.9 Å². The Morgan fingerprint density at radius 1 is 0.382 bits per heavy atom. The molecular weight excluding hydrogens is 976 g/mol. The second kappa shape index (κ2) is 58.3. The van der Waals surface area contributed by atoms with Gasteiger partial charge in [0, 0.05) is 19.3 Å². The van der Waals surface area contributed by atoms with Crippen molar-refractivity contribution >= 4 is 25.7 Å². The number of unbranched alkanes of at least 4 members (excludes halogenated alkanes) is 31. The Morgan fingerprint density at radius 2 is 0.684 bits per heavy atom. The number of aliphatic hydroxyl groups excluding tert-OH is 1. The molecule has 0 aromatic rings. The van der Waals surface area contributed by atoms with Crippen LogP contribution in [-0.4, -0.2) is 66.5 Å². The number of carbonyl (C=O) groups is 3. The van der Waals surface area contributed by atoms with Gasteiger partial charge in [0.05, 0.1) is 19.8 Å². The quantitative estimate of drug-likeness (QED) is 0.0197. The molecule has 0 rings (SSSR count). The predicted octanol–water partition coefficient (Wildman–Crippen LogP) is 18.7. The largest absolute Gasteiger partial charge is 0.472 e. The van der Waals surface area contributed by atoms with Crippen LogP contribution in [0.2, 0.25) is 0 Å². The van der Waals surface area contributed by atoms with Gasteiger partial charge in [0.2, 0.25) is 0 Å². The molecule has 0 bridgehead atoms. The number of aliphatic hydroxyl groups is 1. The molecule has 0 aliphatic heterocycles. The number of ether oxygens (including phenoxy) is 3. The highest BCUT2D eigenvalue weighted by Crippen LogP contribution is 2.43. The maximum atomic E-state index is 12.9. The normalized spacial score (nSPS) is 13.7. The zero-order chi connectivity index (χ0) is 55.5. The average Bonchev–Trinajstić information content (AvgIpc) is 3.41. The van der Waals surface area contributed by atoms with Crippen LogP contribution in [0.3, 0.4) is 0 Å². The third-order valence-corrected chi connectivity index (χ3v) is 14.4. The number of hydrogen-bond donors (Lipinski definition) is 2. The highest BCUT2D eigenvalue weighted by atomic mass is 31.2. The third-order valence-electron chi connectivity index (χ3n) is 13.4. The van der Waals surface area contributed by atoms with Crippen molar-refractivity contribution in [2.75, 3.05) is 26.4 Å². The minimum atomic E-state index is -4.75. The molecule has 0 fully saturated rings. The molecule has 12 heteroatoms. The summed E-state index contributed by atoms with van der Waals surface area (Å²) in [4.78, 5) is 48.7. The van der Waals surface area contributed by atoms with E-state index < -0.39 is 57.8 Å². The zero-order valence-corrected chi connectivity index (χ0v) is 49.9. The Morgan fingerprint density at radius 3 is 1.08 bits per heavy atom. The minimum Gasteiger partial charge on any atom is -0.462 e. The summed E-state index contributed by atoms with van der Waals surface area (Å²) in [6, 6.07) is 0. The molecule has 0 aromatic carbocycles. The lowest BCUT2D eigenvalue weighted by atomic mass is 10.0. The van der Waals surface area contributed by atoms with Gasteiger partial charge < -0.3 is 24.2 Å². The lowest BCUT2D eigenvalue weighted by molar-refractivity contribution is -0.161. The molecule has 0 saturated heterocycles. The zero-order valence-electron chi connectivity index (χ0n) is 49.0. The first-order chi connectivity index (χ1) is 37.2. The number of rotatable bonds is 58. The van der Waals surface area contributed by atoms with Gasteiger partial charge in [-0.1, -0.05) is 248 Å². The average molecular weight is 1090 g/mol. The molecule has 0 radical (unpaired) electrons. The molecule has 3 unspecified atom stereocenters. The van der Waals surface area contributed by atoms with E-state index in [2.05, 4.69) is 81.5 Å². The topological polar surface area (TPSA) is 155 Å². The summed E-state index contributed by atoms with van der Waals surface area (Å²) < 4.78 is 39.6. The molecule has 0 saturated carbocycles. The Labute approximate surface area is 465 Å². The van der Waals surface area contributed by atoms with Crippen LogP contribution < -0.4 is 0 Å². The van der Waals surface area contributed by atoms with Crippen LogP contribution in [0.4, 0.5) is 0 Å². The van der Waals surface area contributed by atoms with Crippen molar-refractivity contribution in [1.82, 2.24) is 0 Å². The Balaban J connectivity index is 4.69. The van der Waals surface area contributed by atoms with Gasteiger partial charge in [0.1, 0.15) is 12.7 Å². The fourth-order valence-corrected chi connectivity index (χ4v) is 9.48. The second-order valence-corrected chi connectivity index (χ2v) is 22.3. The maximum Gasteiger partial charge on any atom is 0.472 e. The van der Waals surface area contributed by atoms with Crippen molar-refractivity contribution < 1.29 is 52.2 Å². The number of hydrogen-bond acceptors (Lipinski definition) is 10. The monoisotopic (exact) mass is 1090 g/mol. The number of phosphoric acid groups is 1. The highest BCUT2D eigenvalue weighted by Gasteiger charge is 2.28. The van der Waals surface area contributed by atoms with Crippen LogP contribution in [0, 0.1) is 0 Å². The molecule has 0 spiro atoms. The smallest absolute Gasteiger partial charge is 0.462 e. The van der Waals surface area contributed by atoms with E-state index in [-0.39, 0.29) is 25.9 Å². The van der Waals surface area contributed by atoms with Crippen LogP contribution >= 0.6 is 7.82 Å².